The van der Waals surface area contributed by atoms with Crippen molar-refractivity contribution in [2.45, 2.75) is 11.8 Å². The predicted molar refractivity (Wildman–Crippen MR) is 64.2 cm³/mol. The van der Waals surface area contributed by atoms with E-state index < -0.39 is 29.4 Å². The van der Waals surface area contributed by atoms with E-state index in [1.807, 2.05) is 0 Å². The highest BCUT2D eigenvalue weighted by atomic mass is 19.4. The zero-order chi connectivity index (χ0) is 16.5. The first-order valence-corrected chi connectivity index (χ1v) is 5.76. The summed E-state index contributed by atoms with van der Waals surface area (Å²) in [5.41, 5.74) is -2.37. The van der Waals surface area contributed by atoms with Crippen LogP contribution in [-0.2, 0) is 15.0 Å². The lowest BCUT2D eigenvalue weighted by molar-refractivity contribution is -0.274. The monoisotopic (exact) mass is 309 g/mol. The third kappa shape index (κ3) is 2.23. The molecular formula is C13H6F3N3O3. The molecule has 1 aromatic rings. The number of aldehydes is 1. The van der Waals surface area contributed by atoms with Gasteiger partial charge >= 0.3 is 6.36 Å². The number of rotatable bonds is 3. The van der Waals surface area contributed by atoms with Gasteiger partial charge in [-0.25, -0.2) is 0 Å². The van der Waals surface area contributed by atoms with Crippen molar-refractivity contribution in [1.29, 1.82) is 10.5 Å². The summed E-state index contributed by atoms with van der Waals surface area (Å²) >= 11 is 0. The van der Waals surface area contributed by atoms with E-state index in [0.29, 0.717) is 0 Å². The Labute approximate surface area is 121 Å². The number of anilines is 1. The molecule has 1 N–H and O–H groups in total. The van der Waals surface area contributed by atoms with Crippen LogP contribution < -0.4 is 10.1 Å². The molecule has 9 heteroatoms. The van der Waals surface area contributed by atoms with Crippen molar-refractivity contribution in [3.05, 3.63) is 23.8 Å². The van der Waals surface area contributed by atoms with E-state index in [1.54, 1.807) is 6.07 Å². The number of nitrogens with zero attached hydrogens (tertiary/aromatic N) is 2. The van der Waals surface area contributed by atoms with Gasteiger partial charge in [0, 0.05) is 11.3 Å². The normalized spacial score (nSPS) is 21.0. The SMILES string of the molecule is N#CC(C=O)C1(C#N)C(=O)Nc2ccc(OC(F)(F)F)cc21. The van der Waals surface area contributed by atoms with E-state index in [0.717, 1.165) is 18.2 Å². The molecule has 2 rings (SSSR count). The second-order valence-electron chi connectivity index (χ2n) is 4.37. The molecule has 0 saturated heterocycles. The largest absolute Gasteiger partial charge is 0.573 e. The van der Waals surface area contributed by atoms with Crippen LogP contribution in [0.15, 0.2) is 18.2 Å². The van der Waals surface area contributed by atoms with Crippen LogP contribution >= 0.6 is 0 Å². The lowest BCUT2D eigenvalue weighted by Crippen LogP contribution is -2.40. The number of hydrogen-bond donors (Lipinski definition) is 1. The molecule has 2 atom stereocenters. The van der Waals surface area contributed by atoms with Gasteiger partial charge in [0.25, 0.3) is 5.91 Å². The van der Waals surface area contributed by atoms with Gasteiger partial charge in [-0.05, 0) is 18.2 Å². The number of ether oxygens (including phenoxy) is 1. The molecule has 1 amide bonds. The minimum atomic E-state index is -4.96. The fourth-order valence-electron chi connectivity index (χ4n) is 2.22. The Hall–Kier alpha value is -3.07. The van der Waals surface area contributed by atoms with Crippen LogP contribution in [0, 0.1) is 28.6 Å². The molecule has 22 heavy (non-hydrogen) atoms. The predicted octanol–water partition coefficient (Wildman–Crippen LogP) is 1.64. The highest BCUT2D eigenvalue weighted by molar-refractivity contribution is 6.10. The third-order valence-corrected chi connectivity index (χ3v) is 3.17. The Morgan fingerprint density at radius 2 is 2.05 bits per heavy atom. The summed E-state index contributed by atoms with van der Waals surface area (Å²) in [5.74, 6) is -3.28. The van der Waals surface area contributed by atoms with Crippen LogP contribution in [-0.4, -0.2) is 18.6 Å². The van der Waals surface area contributed by atoms with Crippen molar-refractivity contribution >= 4 is 17.9 Å². The van der Waals surface area contributed by atoms with Gasteiger partial charge in [-0.1, -0.05) is 0 Å². The maximum absolute atomic E-state index is 12.3. The number of fused-ring (bicyclic) bond motifs is 1. The van der Waals surface area contributed by atoms with E-state index in [1.165, 1.54) is 6.07 Å². The first-order chi connectivity index (χ1) is 10.3. The van der Waals surface area contributed by atoms with Crippen LogP contribution in [0.2, 0.25) is 0 Å². The van der Waals surface area contributed by atoms with Crippen LogP contribution in [0.3, 0.4) is 0 Å². The minimum Gasteiger partial charge on any atom is -0.406 e. The van der Waals surface area contributed by atoms with E-state index in [-0.39, 0.29) is 17.5 Å². The van der Waals surface area contributed by atoms with E-state index in [9.17, 15) is 28.0 Å². The van der Waals surface area contributed by atoms with Gasteiger partial charge < -0.3 is 14.8 Å². The van der Waals surface area contributed by atoms with Crippen LogP contribution in [0.25, 0.3) is 0 Å². The Bertz CT molecular complexity index is 733. The average molecular weight is 309 g/mol. The molecule has 112 valence electrons. The van der Waals surface area contributed by atoms with Gasteiger partial charge in [-0.2, -0.15) is 10.5 Å². The van der Waals surface area contributed by atoms with Gasteiger partial charge in [0.2, 0.25) is 0 Å². The summed E-state index contributed by atoms with van der Waals surface area (Å²) in [6.07, 6.45) is -4.85. The zero-order valence-corrected chi connectivity index (χ0v) is 10.6. The number of nitrogens with one attached hydrogen (secondary N) is 1. The quantitative estimate of drug-likeness (QED) is 0.855. The molecule has 0 radical (unpaired) electrons. The van der Waals surface area contributed by atoms with Crippen LogP contribution in [0.1, 0.15) is 5.56 Å². The summed E-state index contributed by atoms with van der Waals surface area (Å²) < 4.78 is 40.5. The van der Waals surface area contributed by atoms with Crippen LogP contribution in [0.4, 0.5) is 18.9 Å². The molecule has 2 unspecified atom stereocenters. The number of halogens is 3. The number of amides is 1. The summed E-state index contributed by atoms with van der Waals surface area (Å²) in [5, 5.41) is 20.5. The lowest BCUT2D eigenvalue weighted by atomic mass is 9.73. The summed E-state index contributed by atoms with van der Waals surface area (Å²) in [6, 6.07) is 5.95. The van der Waals surface area contributed by atoms with Gasteiger partial charge in [0.05, 0.1) is 12.1 Å². The van der Waals surface area contributed by atoms with Crippen molar-refractivity contribution < 1.29 is 27.5 Å². The first kappa shape index (κ1) is 15.3. The maximum atomic E-state index is 12.3. The maximum Gasteiger partial charge on any atom is 0.573 e. The summed E-state index contributed by atoms with van der Waals surface area (Å²) in [6.45, 7) is 0. The molecule has 1 aliphatic rings. The number of benzene rings is 1. The zero-order valence-electron chi connectivity index (χ0n) is 10.6. The van der Waals surface area contributed by atoms with Gasteiger partial charge in [-0.15, -0.1) is 13.2 Å². The van der Waals surface area contributed by atoms with Gasteiger partial charge in [0.15, 0.2) is 5.41 Å². The number of alkyl halides is 3. The highest BCUT2D eigenvalue weighted by Crippen LogP contribution is 2.44. The number of hydrogen-bond acceptors (Lipinski definition) is 5. The van der Waals surface area contributed by atoms with Crippen molar-refractivity contribution in [3.63, 3.8) is 0 Å². The van der Waals surface area contributed by atoms with E-state index in [2.05, 4.69) is 10.1 Å². The second kappa shape index (κ2) is 5.04. The molecule has 1 aliphatic heterocycles. The Morgan fingerprint density at radius 3 is 2.55 bits per heavy atom. The molecule has 0 aromatic heterocycles. The second-order valence-corrected chi connectivity index (χ2v) is 4.37. The third-order valence-electron chi connectivity index (χ3n) is 3.17. The van der Waals surface area contributed by atoms with E-state index in [4.69, 9.17) is 5.26 Å². The standard InChI is InChI=1S/C13H6F3N3O3/c14-13(15,16)22-8-1-2-10-9(3-8)12(6-18,11(21)19-10)7(4-17)5-20/h1-3,5,7H,(H,19,21). The molecular weight excluding hydrogens is 303 g/mol. The molecule has 0 bridgehead atoms. The Morgan fingerprint density at radius 1 is 1.36 bits per heavy atom. The molecule has 0 spiro atoms. The Kier molecular flexibility index (Phi) is 3.51. The fraction of sp³-hybridized carbons (Fsp3) is 0.231. The molecule has 0 aliphatic carbocycles. The molecule has 0 saturated carbocycles. The van der Waals surface area contributed by atoms with Gasteiger partial charge in [0.1, 0.15) is 18.0 Å². The summed E-state index contributed by atoms with van der Waals surface area (Å²) in [7, 11) is 0. The summed E-state index contributed by atoms with van der Waals surface area (Å²) in [4.78, 5) is 23.0. The number of carbonyl (C=O) groups is 2. The fourth-order valence-corrected chi connectivity index (χ4v) is 2.22. The first-order valence-electron chi connectivity index (χ1n) is 5.76. The smallest absolute Gasteiger partial charge is 0.406 e. The van der Waals surface area contributed by atoms with Crippen molar-refractivity contribution in [2.75, 3.05) is 5.32 Å². The van der Waals surface area contributed by atoms with Crippen molar-refractivity contribution in [1.82, 2.24) is 0 Å². The number of carbonyl (C=O) groups excluding carboxylic acids is 2. The highest BCUT2D eigenvalue weighted by Gasteiger charge is 2.54. The van der Waals surface area contributed by atoms with Crippen molar-refractivity contribution in [3.8, 4) is 17.9 Å². The molecule has 0 fully saturated rings. The minimum absolute atomic E-state index is 0.0446. The van der Waals surface area contributed by atoms with E-state index >= 15 is 0 Å². The van der Waals surface area contributed by atoms with Crippen molar-refractivity contribution in [2.24, 2.45) is 5.92 Å². The topological polar surface area (TPSA) is 103 Å². The Balaban J connectivity index is 2.61. The number of nitriles is 2. The molecule has 6 nitrogen and oxygen atoms in total. The molecule has 1 heterocycles. The molecule has 1 aromatic carbocycles. The van der Waals surface area contributed by atoms with Crippen LogP contribution in [0.5, 0.6) is 5.75 Å². The van der Waals surface area contributed by atoms with Gasteiger partial charge in [-0.3, -0.25) is 4.79 Å². The average Bonchev–Trinajstić information content (AvgIpc) is 2.71. The lowest BCUT2D eigenvalue weighted by Gasteiger charge is -2.20.